The average molecular weight is 316 g/mol. The minimum Gasteiger partial charge on any atom is -0.545 e. The van der Waals surface area contributed by atoms with Gasteiger partial charge in [-0.2, -0.15) is 4.31 Å². The van der Waals surface area contributed by atoms with Crippen LogP contribution in [0.2, 0.25) is 0 Å². The van der Waals surface area contributed by atoms with Crippen molar-refractivity contribution < 1.29 is 27.4 Å². The zero-order valence-electron chi connectivity index (χ0n) is 11.6. The quantitative estimate of drug-likeness (QED) is 0.782. The summed E-state index contributed by atoms with van der Waals surface area (Å²) >= 11 is 0. The molecular formula is C13H15FNO5S-. The van der Waals surface area contributed by atoms with Crippen molar-refractivity contribution in [2.24, 2.45) is 0 Å². The summed E-state index contributed by atoms with van der Waals surface area (Å²) in [5.41, 5.74) is -0.385. The predicted octanol–water partition coefficient (Wildman–Crippen LogP) is -0.0129. The first-order valence-electron chi connectivity index (χ1n) is 6.38. The molecule has 2 rings (SSSR count). The Labute approximate surface area is 122 Å². The molecule has 1 aliphatic rings. The summed E-state index contributed by atoms with van der Waals surface area (Å²) in [4.78, 5) is 10.1. The van der Waals surface area contributed by atoms with E-state index in [4.69, 9.17) is 4.74 Å². The molecule has 2 atom stereocenters. The van der Waals surface area contributed by atoms with E-state index in [2.05, 4.69) is 0 Å². The van der Waals surface area contributed by atoms with E-state index in [0.29, 0.717) is 0 Å². The number of carboxylic acid groups (broad SMARTS) is 1. The smallest absolute Gasteiger partial charge is 0.246 e. The number of halogens is 1. The van der Waals surface area contributed by atoms with Gasteiger partial charge in [0, 0.05) is 13.1 Å². The number of aromatic carboxylic acids is 1. The molecule has 0 aliphatic carbocycles. The molecule has 1 heterocycles. The zero-order valence-corrected chi connectivity index (χ0v) is 12.4. The molecule has 1 aromatic carbocycles. The third kappa shape index (κ3) is 3.22. The van der Waals surface area contributed by atoms with Gasteiger partial charge in [-0.1, -0.05) is 6.07 Å². The second-order valence-electron chi connectivity index (χ2n) is 5.01. The first kappa shape index (κ1) is 15.9. The highest BCUT2D eigenvalue weighted by Crippen LogP contribution is 2.24. The largest absolute Gasteiger partial charge is 0.545 e. The maximum Gasteiger partial charge on any atom is 0.246 e. The van der Waals surface area contributed by atoms with Crippen LogP contribution >= 0.6 is 0 Å². The van der Waals surface area contributed by atoms with Gasteiger partial charge in [0.25, 0.3) is 0 Å². The van der Waals surface area contributed by atoms with Gasteiger partial charge in [-0.3, -0.25) is 0 Å². The number of carbonyl (C=O) groups is 1. The van der Waals surface area contributed by atoms with Crippen molar-refractivity contribution in [2.75, 3.05) is 13.1 Å². The number of carboxylic acids is 1. The fourth-order valence-electron chi connectivity index (χ4n) is 2.29. The van der Waals surface area contributed by atoms with Crippen LogP contribution in [0.15, 0.2) is 23.1 Å². The van der Waals surface area contributed by atoms with Gasteiger partial charge < -0.3 is 14.6 Å². The van der Waals surface area contributed by atoms with Crippen molar-refractivity contribution in [2.45, 2.75) is 31.0 Å². The average Bonchev–Trinajstić information content (AvgIpc) is 2.37. The molecule has 1 aliphatic heterocycles. The molecule has 8 heteroatoms. The minimum absolute atomic E-state index is 0.0850. The van der Waals surface area contributed by atoms with Crippen LogP contribution in [0.25, 0.3) is 0 Å². The van der Waals surface area contributed by atoms with Gasteiger partial charge in [0.1, 0.15) is 10.7 Å². The first-order valence-corrected chi connectivity index (χ1v) is 7.82. The molecular weight excluding hydrogens is 301 g/mol. The summed E-state index contributed by atoms with van der Waals surface area (Å²) in [5, 5.41) is 10.8. The van der Waals surface area contributed by atoms with Crippen molar-refractivity contribution in [3.05, 3.63) is 29.6 Å². The van der Waals surface area contributed by atoms with Crippen molar-refractivity contribution in [1.29, 1.82) is 0 Å². The molecule has 0 bridgehead atoms. The molecule has 0 unspecified atom stereocenters. The Balaban J connectivity index is 2.44. The molecule has 1 aromatic rings. The van der Waals surface area contributed by atoms with E-state index in [1.165, 1.54) is 0 Å². The van der Waals surface area contributed by atoms with Gasteiger partial charge in [-0.25, -0.2) is 12.8 Å². The SMILES string of the molecule is C[C@@H]1CN(S(=O)(=O)c2cc(C(=O)[O-])ccc2F)C[C@@H](C)O1. The topological polar surface area (TPSA) is 86.7 Å². The molecule has 21 heavy (non-hydrogen) atoms. The van der Waals surface area contributed by atoms with Crippen molar-refractivity contribution in [3.8, 4) is 0 Å². The highest BCUT2D eigenvalue weighted by atomic mass is 32.2. The summed E-state index contributed by atoms with van der Waals surface area (Å²) in [6.45, 7) is 3.60. The lowest BCUT2D eigenvalue weighted by Gasteiger charge is -2.34. The highest BCUT2D eigenvalue weighted by molar-refractivity contribution is 7.89. The summed E-state index contributed by atoms with van der Waals surface area (Å²) in [6.07, 6.45) is -0.646. The molecule has 0 spiro atoms. The monoisotopic (exact) mass is 316 g/mol. The van der Waals surface area contributed by atoms with Gasteiger partial charge in [-0.15, -0.1) is 0 Å². The minimum atomic E-state index is -4.13. The van der Waals surface area contributed by atoms with Crippen LogP contribution in [-0.2, 0) is 14.8 Å². The Morgan fingerprint density at radius 1 is 1.33 bits per heavy atom. The number of hydrogen-bond acceptors (Lipinski definition) is 5. The standard InChI is InChI=1S/C13H16FNO5S/c1-8-6-15(7-9(2)20-8)21(18,19)12-5-10(13(16)17)3-4-11(12)14/h3-5,8-9H,6-7H2,1-2H3,(H,16,17)/p-1/t8-,9-/m1/s1. The molecule has 1 saturated heterocycles. The van der Waals surface area contributed by atoms with E-state index in [1.54, 1.807) is 13.8 Å². The Kier molecular flexibility index (Phi) is 4.31. The third-order valence-corrected chi connectivity index (χ3v) is 5.02. The normalized spacial score (nSPS) is 24.0. The van der Waals surface area contributed by atoms with Crippen LogP contribution in [0, 0.1) is 5.82 Å². The van der Waals surface area contributed by atoms with Crippen molar-refractivity contribution in [3.63, 3.8) is 0 Å². The summed E-state index contributed by atoms with van der Waals surface area (Å²) in [6, 6.07) is 2.56. The number of benzene rings is 1. The van der Waals surface area contributed by atoms with E-state index in [9.17, 15) is 22.7 Å². The Bertz CT molecular complexity index is 651. The Morgan fingerprint density at radius 3 is 2.43 bits per heavy atom. The molecule has 0 aromatic heterocycles. The van der Waals surface area contributed by atoms with E-state index < -0.39 is 26.7 Å². The number of hydrogen-bond donors (Lipinski definition) is 0. The molecule has 0 saturated carbocycles. The Morgan fingerprint density at radius 2 is 1.90 bits per heavy atom. The van der Waals surface area contributed by atoms with Crippen LogP contribution in [0.5, 0.6) is 0 Å². The molecule has 1 fully saturated rings. The summed E-state index contributed by atoms with van der Waals surface area (Å²) in [7, 11) is -4.13. The summed E-state index contributed by atoms with van der Waals surface area (Å²) in [5.74, 6) is -2.55. The van der Waals surface area contributed by atoms with Crippen LogP contribution in [-0.4, -0.2) is 44.0 Å². The second kappa shape index (κ2) is 5.70. The molecule has 6 nitrogen and oxygen atoms in total. The number of carbonyl (C=O) groups excluding carboxylic acids is 1. The van der Waals surface area contributed by atoms with Gasteiger partial charge in [0.2, 0.25) is 10.0 Å². The van der Waals surface area contributed by atoms with Crippen LogP contribution in [0.4, 0.5) is 4.39 Å². The van der Waals surface area contributed by atoms with Crippen molar-refractivity contribution >= 4 is 16.0 Å². The fraction of sp³-hybridized carbons (Fsp3) is 0.462. The maximum absolute atomic E-state index is 13.8. The van der Waals surface area contributed by atoms with E-state index in [0.717, 1.165) is 22.5 Å². The lowest BCUT2D eigenvalue weighted by Crippen LogP contribution is -2.48. The van der Waals surface area contributed by atoms with Gasteiger partial charge >= 0.3 is 0 Å². The number of sulfonamides is 1. The van der Waals surface area contributed by atoms with Crippen LogP contribution in [0.1, 0.15) is 24.2 Å². The van der Waals surface area contributed by atoms with Gasteiger partial charge in [0.05, 0.1) is 18.2 Å². The molecule has 0 amide bonds. The number of morpholine rings is 1. The third-order valence-electron chi connectivity index (χ3n) is 3.17. The number of nitrogens with zero attached hydrogens (tertiary/aromatic N) is 1. The fourth-order valence-corrected chi connectivity index (χ4v) is 3.97. The second-order valence-corrected chi connectivity index (χ2v) is 6.92. The number of rotatable bonds is 3. The summed E-state index contributed by atoms with van der Waals surface area (Å²) < 4.78 is 45.3. The molecule has 0 radical (unpaired) electrons. The maximum atomic E-state index is 13.8. The predicted molar refractivity (Wildman–Crippen MR) is 69.5 cm³/mol. The van der Waals surface area contributed by atoms with Gasteiger partial charge in [-0.05, 0) is 31.5 Å². The van der Waals surface area contributed by atoms with Gasteiger partial charge in [0.15, 0.2) is 0 Å². The van der Waals surface area contributed by atoms with Crippen LogP contribution in [0.3, 0.4) is 0 Å². The highest BCUT2D eigenvalue weighted by Gasteiger charge is 2.34. The lowest BCUT2D eigenvalue weighted by molar-refractivity contribution is -0.255. The Hall–Kier alpha value is -1.51. The van der Waals surface area contributed by atoms with E-state index >= 15 is 0 Å². The van der Waals surface area contributed by atoms with Crippen molar-refractivity contribution in [1.82, 2.24) is 4.31 Å². The molecule has 0 N–H and O–H groups in total. The lowest BCUT2D eigenvalue weighted by atomic mass is 10.2. The van der Waals surface area contributed by atoms with E-state index in [-0.39, 0.29) is 30.9 Å². The van der Waals surface area contributed by atoms with Crippen LogP contribution < -0.4 is 5.11 Å². The van der Waals surface area contributed by atoms with E-state index in [1.807, 2.05) is 0 Å². The molecule has 116 valence electrons. The zero-order chi connectivity index (χ0) is 15.8. The first-order chi connectivity index (χ1) is 9.71. The number of ether oxygens (including phenoxy) is 1.